The van der Waals surface area contributed by atoms with Crippen molar-refractivity contribution in [3.8, 4) is 0 Å². The van der Waals surface area contributed by atoms with E-state index in [1.165, 1.54) is 0 Å². The number of furan rings is 1. The van der Waals surface area contributed by atoms with E-state index in [-0.39, 0.29) is 0 Å². The van der Waals surface area contributed by atoms with Crippen LogP contribution in [0.2, 0.25) is 0 Å². The highest BCUT2D eigenvalue weighted by atomic mass is 16.5. The van der Waals surface area contributed by atoms with Gasteiger partial charge in [0.05, 0.1) is 5.22 Å². The first kappa shape index (κ1) is 11.5. The standard InChI is InChI=1S/C15H16O2/c1-7-12-13(8(2)3)15-11(6)16-9(4)14(15)10(5)17-12/h7H,1-2,4H2,3,5-6H3. The van der Waals surface area contributed by atoms with Crippen LogP contribution in [0.5, 0.6) is 0 Å². The van der Waals surface area contributed by atoms with E-state index in [9.17, 15) is 0 Å². The Balaban J connectivity index is 2.95. The van der Waals surface area contributed by atoms with Gasteiger partial charge >= 0.3 is 0 Å². The molecule has 17 heavy (non-hydrogen) atoms. The molecular formula is C15H16O2. The van der Waals surface area contributed by atoms with Crippen molar-refractivity contribution in [3.05, 3.63) is 52.5 Å². The molecule has 1 aliphatic rings. The highest BCUT2D eigenvalue weighted by molar-refractivity contribution is 5.84. The second kappa shape index (κ2) is 3.81. The van der Waals surface area contributed by atoms with Crippen LogP contribution < -0.4 is 10.6 Å². The quantitative estimate of drug-likeness (QED) is 0.776. The molecule has 0 amide bonds. The third kappa shape index (κ3) is 1.57. The Bertz CT molecular complexity index is 654. The summed E-state index contributed by atoms with van der Waals surface area (Å²) in [6.45, 7) is 17.5. The van der Waals surface area contributed by atoms with Gasteiger partial charge in [-0.05, 0) is 32.4 Å². The summed E-state index contributed by atoms with van der Waals surface area (Å²) in [5, 5.41) is 0.936. The number of hydrogen-bond donors (Lipinski definition) is 0. The van der Waals surface area contributed by atoms with Crippen LogP contribution in [0.3, 0.4) is 0 Å². The maximum Gasteiger partial charge on any atom is 0.134 e. The molecule has 0 spiro atoms. The summed E-state index contributed by atoms with van der Waals surface area (Å²) in [6.07, 6.45) is 1.70. The van der Waals surface area contributed by atoms with E-state index in [2.05, 4.69) is 19.7 Å². The van der Waals surface area contributed by atoms with E-state index in [0.29, 0.717) is 5.42 Å². The van der Waals surface area contributed by atoms with Gasteiger partial charge in [0.25, 0.3) is 0 Å². The Labute approximate surface area is 101 Å². The molecule has 0 bridgehead atoms. The molecule has 88 valence electrons. The fourth-order valence-corrected chi connectivity index (χ4v) is 2.23. The maximum atomic E-state index is 5.75. The molecule has 0 atom stereocenters. The van der Waals surface area contributed by atoms with Crippen molar-refractivity contribution in [1.29, 1.82) is 0 Å². The lowest BCUT2D eigenvalue weighted by atomic mass is 9.95. The fourth-order valence-electron chi connectivity index (χ4n) is 2.23. The fraction of sp³-hybridized carbons (Fsp3) is 0.200. The Morgan fingerprint density at radius 1 is 1.29 bits per heavy atom. The zero-order chi connectivity index (χ0) is 12.7. The van der Waals surface area contributed by atoms with Crippen molar-refractivity contribution in [1.82, 2.24) is 0 Å². The van der Waals surface area contributed by atoms with E-state index in [1.54, 1.807) is 6.08 Å². The van der Waals surface area contributed by atoms with Crippen LogP contribution in [0.25, 0.3) is 17.9 Å². The molecule has 1 aromatic heterocycles. The minimum absolute atomic E-state index is 0.636. The van der Waals surface area contributed by atoms with Gasteiger partial charge in [-0.2, -0.15) is 0 Å². The maximum absolute atomic E-state index is 5.75. The number of hydrogen-bond acceptors (Lipinski definition) is 2. The number of aryl methyl sites for hydroxylation is 1. The summed E-state index contributed by atoms with van der Waals surface area (Å²) in [7, 11) is 0. The van der Waals surface area contributed by atoms with Crippen LogP contribution in [0.4, 0.5) is 0 Å². The third-order valence-corrected chi connectivity index (χ3v) is 2.88. The van der Waals surface area contributed by atoms with Crippen molar-refractivity contribution >= 4 is 17.9 Å². The highest BCUT2D eigenvalue weighted by Crippen LogP contribution is 2.31. The summed E-state index contributed by atoms with van der Waals surface area (Å²) < 4.78 is 11.3. The van der Waals surface area contributed by atoms with Crippen molar-refractivity contribution in [2.24, 2.45) is 0 Å². The Morgan fingerprint density at radius 2 is 1.94 bits per heavy atom. The number of fused-ring (bicyclic) bond motifs is 1. The molecule has 0 fully saturated rings. The SMILES string of the molecule is C=CC1=C(C(=C)C)c2c(C)oc(=C)c2=C(C)O1. The van der Waals surface area contributed by atoms with Gasteiger partial charge in [0.1, 0.15) is 22.7 Å². The van der Waals surface area contributed by atoms with Crippen molar-refractivity contribution < 1.29 is 9.15 Å². The lowest BCUT2D eigenvalue weighted by Crippen LogP contribution is -2.27. The first-order valence-corrected chi connectivity index (χ1v) is 5.47. The van der Waals surface area contributed by atoms with E-state index in [1.807, 2.05) is 20.8 Å². The Hall–Kier alpha value is -1.96. The minimum Gasteiger partial charge on any atom is -0.461 e. The van der Waals surface area contributed by atoms with Crippen LogP contribution in [0.1, 0.15) is 25.2 Å². The van der Waals surface area contributed by atoms with Gasteiger partial charge in [0, 0.05) is 11.1 Å². The second-order valence-electron chi connectivity index (χ2n) is 4.21. The van der Waals surface area contributed by atoms with E-state index in [4.69, 9.17) is 9.15 Å². The summed E-state index contributed by atoms with van der Waals surface area (Å²) in [5.74, 6) is 2.36. The third-order valence-electron chi connectivity index (χ3n) is 2.88. The van der Waals surface area contributed by atoms with E-state index < -0.39 is 0 Å². The molecular weight excluding hydrogens is 212 g/mol. The number of ether oxygens (including phenoxy) is 1. The first-order chi connectivity index (χ1) is 7.97. The molecule has 0 radical (unpaired) electrons. The first-order valence-electron chi connectivity index (χ1n) is 5.47. The molecule has 0 aliphatic carbocycles. The predicted octanol–water partition coefficient (Wildman–Crippen LogP) is 2.63. The van der Waals surface area contributed by atoms with Crippen LogP contribution >= 0.6 is 0 Å². The van der Waals surface area contributed by atoms with Crippen LogP contribution in [-0.2, 0) is 4.74 Å². The molecule has 2 rings (SSSR count). The zero-order valence-corrected chi connectivity index (χ0v) is 10.5. The smallest absolute Gasteiger partial charge is 0.134 e. The largest absolute Gasteiger partial charge is 0.461 e. The molecule has 0 N–H and O–H groups in total. The van der Waals surface area contributed by atoms with Gasteiger partial charge in [-0.1, -0.05) is 19.7 Å². The normalized spacial score (nSPS) is 14.4. The molecule has 0 saturated heterocycles. The van der Waals surface area contributed by atoms with Crippen molar-refractivity contribution in [3.63, 3.8) is 0 Å². The lowest BCUT2D eigenvalue weighted by Gasteiger charge is -2.18. The molecule has 2 nitrogen and oxygen atoms in total. The van der Waals surface area contributed by atoms with Gasteiger partial charge in [0.2, 0.25) is 0 Å². The molecule has 2 heterocycles. The Morgan fingerprint density at radius 3 is 2.47 bits per heavy atom. The molecule has 1 aliphatic heterocycles. The molecule has 0 aromatic carbocycles. The molecule has 0 saturated carbocycles. The highest BCUT2D eigenvalue weighted by Gasteiger charge is 2.23. The number of rotatable bonds is 2. The summed E-state index contributed by atoms with van der Waals surface area (Å²) in [6, 6.07) is 0. The van der Waals surface area contributed by atoms with Crippen LogP contribution in [-0.4, -0.2) is 0 Å². The van der Waals surface area contributed by atoms with Crippen molar-refractivity contribution in [2.45, 2.75) is 20.8 Å². The van der Waals surface area contributed by atoms with Gasteiger partial charge in [-0.3, -0.25) is 0 Å². The lowest BCUT2D eigenvalue weighted by molar-refractivity contribution is 0.389. The zero-order valence-electron chi connectivity index (χ0n) is 10.5. The van der Waals surface area contributed by atoms with Crippen molar-refractivity contribution in [2.75, 3.05) is 0 Å². The van der Waals surface area contributed by atoms with Crippen LogP contribution in [0, 0.1) is 6.92 Å². The Kier molecular flexibility index (Phi) is 2.58. The average Bonchev–Trinajstić information content (AvgIpc) is 2.54. The van der Waals surface area contributed by atoms with Gasteiger partial charge in [-0.25, -0.2) is 0 Å². The second-order valence-corrected chi connectivity index (χ2v) is 4.21. The summed E-state index contributed by atoms with van der Waals surface area (Å²) in [4.78, 5) is 0. The van der Waals surface area contributed by atoms with Gasteiger partial charge in [-0.15, -0.1) is 0 Å². The van der Waals surface area contributed by atoms with E-state index >= 15 is 0 Å². The molecule has 2 heteroatoms. The molecule has 1 aromatic rings. The van der Waals surface area contributed by atoms with E-state index in [0.717, 1.165) is 39.2 Å². The van der Waals surface area contributed by atoms with Crippen LogP contribution in [0.15, 0.2) is 35.0 Å². The molecule has 0 unspecified atom stereocenters. The minimum atomic E-state index is 0.636. The van der Waals surface area contributed by atoms with Gasteiger partial charge in [0.15, 0.2) is 0 Å². The summed E-state index contributed by atoms with van der Waals surface area (Å²) in [5.41, 5.74) is 3.55. The predicted molar refractivity (Wildman–Crippen MR) is 70.3 cm³/mol. The number of allylic oxidation sites excluding steroid dienone is 3. The average molecular weight is 228 g/mol. The monoisotopic (exact) mass is 228 g/mol. The summed E-state index contributed by atoms with van der Waals surface area (Å²) >= 11 is 0. The topological polar surface area (TPSA) is 22.4 Å². The van der Waals surface area contributed by atoms with Gasteiger partial charge < -0.3 is 9.15 Å².